The van der Waals surface area contributed by atoms with Gasteiger partial charge in [0.2, 0.25) is 0 Å². The fourth-order valence-electron chi connectivity index (χ4n) is 13.3. The number of para-hydroxylation sites is 1. The summed E-state index contributed by atoms with van der Waals surface area (Å²) in [5.74, 6) is 0.483. The number of rotatable bonds is 4. The van der Waals surface area contributed by atoms with Crippen LogP contribution in [0.25, 0.3) is 10.9 Å². The van der Waals surface area contributed by atoms with E-state index in [-0.39, 0.29) is 28.1 Å². The molecule has 0 saturated carbocycles. The summed E-state index contributed by atoms with van der Waals surface area (Å²) in [7, 11) is 1.99. The number of piperidine rings is 3. The number of ether oxygens (including phenoxy) is 1. The van der Waals surface area contributed by atoms with E-state index in [0.29, 0.717) is 11.8 Å². The minimum Gasteiger partial charge on any atom is -0.508 e. The lowest BCUT2D eigenvalue weighted by molar-refractivity contribution is -0.181. The van der Waals surface area contributed by atoms with Crippen LogP contribution in [0.15, 0.2) is 36.4 Å². The number of phenolic OH excluding ortho intramolecular Hbond substituents is 1. The van der Waals surface area contributed by atoms with Crippen molar-refractivity contribution in [1.29, 1.82) is 0 Å². The summed E-state index contributed by atoms with van der Waals surface area (Å²) >= 11 is 0. The number of benzene rings is 2. The zero-order valence-corrected chi connectivity index (χ0v) is 27.6. The number of hydrogen-bond acceptors (Lipinski definition) is 5. The van der Waals surface area contributed by atoms with Crippen molar-refractivity contribution in [2.75, 3.05) is 44.7 Å². The average Bonchev–Trinajstić information content (AvgIpc) is 3.68. The molecule has 4 saturated heterocycles. The zero-order valence-electron chi connectivity index (χ0n) is 27.6. The van der Waals surface area contributed by atoms with E-state index in [4.69, 9.17) is 4.74 Å². The molecule has 8 heterocycles. The van der Waals surface area contributed by atoms with Gasteiger partial charge >= 0.3 is 0 Å². The first kappa shape index (κ1) is 27.6. The Morgan fingerprint density at radius 1 is 0.911 bits per heavy atom. The molecule has 238 valence electrons. The SMILES string of the molecule is CCC12CCCN3CCc4c(n(c5ccccc45)C(c4cc5c(cc4O)N4CCCC6(CC)CCCN7CCC5(OC)C746)C1)C32. The van der Waals surface area contributed by atoms with Crippen LogP contribution in [0, 0.1) is 10.8 Å². The van der Waals surface area contributed by atoms with Gasteiger partial charge in [-0.1, -0.05) is 32.0 Å². The lowest BCUT2D eigenvalue weighted by Gasteiger charge is -2.65. The van der Waals surface area contributed by atoms with Crippen LogP contribution in [0.4, 0.5) is 5.69 Å². The molecule has 3 aromatic rings. The summed E-state index contributed by atoms with van der Waals surface area (Å²) in [4.78, 5) is 8.38. The van der Waals surface area contributed by atoms with Crippen molar-refractivity contribution in [1.82, 2.24) is 14.4 Å². The summed E-state index contributed by atoms with van der Waals surface area (Å²) in [5.41, 5.74) is 8.10. The van der Waals surface area contributed by atoms with E-state index in [1.54, 1.807) is 11.3 Å². The van der Waals surface area contributed by atoms with Crippen molar-refractivity contribution in [3.8, 4) is 5.75 Å². The van der Waals surface area contributed by atoms with Gasteiger partial charge in [0.25, 0.3) is 0 Å². The number of nitrogens with zero attached hydrogens (tertiary/aromatic N) is 4. The predicted octanol–water partition coefficient (Wildman–Crippen LogP) is 7.48. The summed E-state index contributed by atoms with van der Waals surface area (Å²) in [5, 5.41) is 13.7. The minimum atomic E-state index is -0.374. The number of fused-ring (bicyclic) bond motifs is 6. The molecule has 1 spiro atoms. The van der Waals surface area contributed by atoms with Gasteiger partial charge < -0.3 is 19.3 Å². The maximum Gasteiger partial charge on any atom is 0.133 e. The Kier molecular flexibility index (Phi) is 5.56. The molecule has 45 heavy (non-hydrogen) atoms. The van der Waals surface area contributed by atoms with E-state index in [1.165, 1.54) is 86.6 Å². The Bertz CT molecular complexity index is 1730. The third kappa shape index (κ3) is 2.93. The second-order valence-electron chi connectivity index (χ2n) is 15.8. The van der Waals surface area contributed by atoms with Crippen LogP contribution in [0.3, 0.4) is 0 Å². The van der Waals surface area contributed by atoms with Gasteiger partial charge in [0.1, 0.15) is 17.0 Å². The number of hydrogen-bond donors (Lipinski definition) is 1. The molecular weight excluding hydrogens is 556 g/mol. The van der Waals surface area contributed by atoms with Crippen molar-refractivity contribution in [3.05, 3.63) is 58.8 Å². The highest BCUT2D eigenvalue weighted by atomic mass is 16.5. The van der Waals surface area contributed by atoms with Crippen molar-refractivity contribution in [2.24, 2.45) is 10.8 Å². The lowest BCUT2D eigenvalue weighted by Crippen LogP contribution is -2.76. The highest BCUT2D eigenvalue weighted by Gasteiger charge is 2.77. The molecule has 1 N–H and O–H groups in total. The van der Waals surface area contributed by atoms with E-state index in [9.17, 15) is 5.11 Å². The molecule has 6 heteroatoms. The molecule has 6 unspecified atom stereocenters. The second kappa shape index (κ2) is 9.08. The molecule has 2 aromatic carbocycles. The molecule has 7 aliphatic heterocycles. The third-order valence-corrected chi connectivity index (χ3v) is 14.9. The van der Waals surface area contributed by atoms with Gasteiger partial charge in [0.15, 0.2) is 0 Å². The van der Waals surface area contributed by atoms with Gasteiger partial charge in [-0.15, -0.1) is 0 Å². The average molecular weight is 607 g/mol. The van der Waals surface area contributed by atoms with Crippen LogP contribution < -0.4 is 4.90 Å². The van der Waals surface area contributed by atoms with Crippen LogP contribution in [0.1, 0.15) is 113 Å². The monoisotopic (exact) mass is 606 g/mol. The normalized spacial score (nSPS) is 38.2. The highest BCUT2D eigenvalue weighted by Crippen LogP contribution is 2.71. The van der Waals surface area contributed by atoms with E-state index in [0.717, 1.165) is 44.5 Å². The summed E-state index contributed by atoms with van der Waals surface area (Å²) < 4.78 is 9.68. The minimum absolute atomic E-state index is 0.113. The molecule has 7 aliphatic rings. The van der Waals surface area contributed by atoms with E-state index >= 15 is 0 Å². The fraction of sp³-hybridized carbons (Fsp3) is 0.641. The topological polar surface area (TPSA) is 44.1 Å². The summed E-state index contributed by atoms with van der Waals surface area (Å²) in [6.45, 7) is 10.5. The molecule has 0 amide bonds. The van der Waals surface area contributed by atoms with Crippen LogP contribution in [0.5, 0.6) is 5.75 Å². The van der Waals surface area contributed by atoms with Gasteiger partial charge in [-0.05, 0) is 100 Å². The van der Waals surface area contributed by atoms with Gasteiger partial charge in [0, 0.05) is 78.2 Å². The Labute approximate surface area is 268 Å². The van der Waals surface area contributed by atoms with Crippen LogP contribution in [0.2, 0.25) is 0 Å². The molecular formula is C39H50N4O2. The van der Waals surface area contributed by atoms with Gasteiger partial charge in [-0.25, -0.2) is 0 Å². The Balaban J connectivity index is 1.23. The lowest BCUT2D eigenvalue weighted by atomic mass is 9.57. The molecule has 4 fully saturated rings. The summed E-state index contributed by atoms with van der Waals surface area (Å²) in [6, 6.07) is 14.4. The molecule has 0 radical (unpaired) electrons. The van der Waals surface area contributed by atoms with Crippen LogP contribution >= 0.6 is 0 Å². The van der Waals surface area contributed by atoms with Crippen molar-refractivity contribution >= 4 is 16.6 Å². The maximum atomic E-state index is 12.3. The first-order valence-electron chi connectivity index (χ1n) is 18.3. The Hall–Kier alpha value is -2.54. The highest BCUT2D eigenvalue weighted by molar-refractivity contribution is 5.87. The van der Waals surface area contributed by atoms with Crippen molar-refractivity contribution in [2.45, 2.75) is 108 Å². The first-order valence-corrected chi connectivity index (χ1v) is 18.3. The molecule has 10 rings (SSSR count). The first-order chi connectivity index (χ1) is 22.0. The fourth-order valence-corrected chi connectivity index (χ4v) is 13.3. The number of aromatic nitrogens is 1. The molecule has 6 atom stereocenters. The Morgan fingerprint density at radius 2 is 1.73 bits per heavy atom. The number of anilines is 1. The van der Waals surface area contributed by atoms with Crippen molar-refractivity contribution < 1.29 is 9.84 Å². The van der Waals surface area contributed by atoms with E-state index in [1.807, 2.05) is 7.11 Å². The van der Waals surface area contributed by atoms with E-state index in [2.05, 4.69) is 69.5 Å². The number of phenols is 1. The quantitative estimate of drug-likeness (QED) is 0.334. The largest absolute Gasteiger partial charge is 0.508 e. The van der Waals surface area contributed by atoms with E-state index < -0.39 is 0 Å². The van der Waals surface area contributed by atoms with Gasteiger partial charge in [0.05, 0.1) is 12.1 Å². The predicted molar refractivity (Wildman–Crippen MR) is 179 cm³/mol. The molecule has 1 aromatic heterocycles. The van der Waals surface area contributed by atoms with Crippen LogP contribution in [-0.4, -0.2) is 65.0 Å². The van der Waals surface area contributed by atoms with Crippen LogP contribution in [-0.2, 0) is 16.8 Å². The van der Waals surface area contributed by atoms with Crippen molar-refractivity contribution in [3.63, 3.8) is 0 Å². The van der Waals surface area contributed by atoms with Gasteiger partial charge in [-0.3, -0.25) is 9.80 Å². The Morgan fingerprint density at radius 3 is 2.56 bits per heavy atom. The molecule has 0 aliphatic carbocycles. The summed E-state index contributed by atoms with van der Waals surface area (Å²) in [6.07, 6.45) is 13.2. The molecule has 0 bridgehead atoms. The second-order valence-corrected chi connectivity index (χ2v) is 15.8. The number of methoxy groups -OCH3 is 1. The maximum absolute atomic E-state index is 12.3. The number of aromatic hydroxyl groups is 1. The molecule has 6 nitrogen and oxygen atoms in total. The standard InChI is InChI=1S/C39H50N4O2/c1-4-36-14-8-18-40-21-13-27-26-11-6-7-12-30(26)43(34(27)35(36)40)32(25-36)28-23-29-31(24-33(28)44)42-20-10-16-37(5-2)15-9-19-41-22-17-38(29,45-3)39(37,41)42/h6-7,11-12,23-24,32,35,44H,4-5,8-10,13-22,25H2,1-3H3. The third-order valence-electron chi connectivity index (χ3n) is 14.9. The smallest absolute Gasteiger partial charge is 0.133 e. The van der Waals surface area contributed by atoms with Gasteiger partial charge in [-0.2, -0.15) is 0 Å². The zero-order chi connectivity index (χ0) is 30.3.